The second kappa shape index (κ2) is 4.38. The van der Waals surface area contributed by atoms with Gasteiger partial charge in [-0.3, -0.25) is 0 Å². The number of hydrogen-bond acceptors (Lipinski definition) is 2. The lowest BCUT2D eigenvalue weighted by atomic mass is 10.2. The minimum absolute atomic E-state index is 0. The molecule has 0 unspecified atom stereocenters. The van der Waals surface area contributed by atoms with Crippen molar-refractivity contribution in [3.8, 4) is 0 Å². The Morgan fingerprint density at radius 1 is 1.73 bits per heavy atom. The number of hydrogen-bond donors (Lipinski definition) is 2. The van der Waals surface area contributed by atoms with E-state index >= 15 is 0 Å². The van der Waals surface area contributed by atoms with Crippen molar-refractivity contribution in [1.29, 1.82) is 0 Å². The molecular weight excluding hydrogens is 164 g/mol. The van der Waals surface area contributed by atoms with Crippen LogP contribution in [0.5, 0.6) is 0 Å². The van der Waals surface area contributed by atoms with Gasteiger partial charge in [0.2, 0.25) is 0 Å². The topological polar surface area (TPSA) is 51.2 Å². The van der Waals surface area contributed by atoms with Gasteiger partial charge in [0.1, 0.15) is 0 Å². The fourth-order valence-electron chi connectivity index (χ4n) is 0.953. The third kappa shape index (κ3) is 2.22. The Labute approximate surface area is 72.2 Å². The predicted molar refractivity (Wildman–Crippen MR) is 46.7 cm³/mol. The molecule has 0 amide bonds. The molecule has 3 nitrogen and oxygen atoms in total. The van der Waals surface area contributed by atoms with Gasteiger partial charge >= 0.3 is 0 Å². The highest BCUT2D eigenvalue weighted by atomic mass is 35.5. The van der Waals surface area contributed by atoms with Gasteiger partial charge in [-0.2, -0.15) is 0 Å². The highest BCUT2D eigenvalue weighted by molar-refractivity contribution is 5.85. The minimum atomic E-state index is -0.250. The molecule has 1 aromatic rings. The SMILES string of the molecule is Cl.Cn1cccc1[C@H](N)CO. The molecule has 3 N–H and O–H groups in total. The van der Waals surface area contributed by atoms with E-state index in [2.05, 4.69) is 0 Å². The van der Waals surface area contributed by atoms with E-state index in [9.17, 15) is 0 Å². The molecule has 1 atom stereocenters. The lowest BCUT2D eigenvalue weighted by Crippen LogP contribution is -2.17. The molecule has 0 bridgehead atoms. The minimum Gasteiger partial charge on any atom is -0.394 e. The fourth-order valence-corrected chi connectivity index (χ4v) is 0.953. The normalized spacial score (nSPS) is 12.3. The van der Waals surface area contributed by atoms with Crippen LogP contribution in [0.1, 0.15) is 11.7 Å². The van der Waals surface area contributed by atoms with Crippen molar-refractivity contribution in [2.24, 2.45) is 12.8 Å². The Kier molecular flexibility index (Phi) is 4.18. The van der Waals surface area contributed by atoms with Crippen molar-refractivity contribution in [2.45, 2.75) is 6.04 Å². The predicted octanol–water partition coefficient (Wildman–Crippen LogP) is 0.439. The maximum Gasteiger partial charge on any atom is 0.0684 e. The van der Waals surface area contributed by atoms with Crippen LogP contribution in [0, 0.1) is 0 Å². The van der Waals surface area contributed by atoms with Gasteiger partial charge in [0, 0.05) is 18.9 Å². The first-order chi connectivity index (χ1) is 4.75. The Morgan fingerprint density at radius 2 is 2.36 bits per heavy atom. The van der Waals surface area contributed by atoms with Crippen LogP contribution < -0.4 is 5.73 Å². The van der Waals surface area contributed by atoms with Crippen LogP contribution in [0.15, 0.2) is 18.3 Å². The molecule has 0 aliphatic heterocycles. The molecule has 0 aromatic carbocycles. The van der Waals surface area contributed by atoms with Gasteiger partial charge < -0.3 is 15.4 Å². The number of aliphatic hydroxyl groups excluding tert-OH is 1. The first kappa shape index (κ1) is 10.5. The molecule has 11 heavy (non-hydrogen) atoms. The Morgan fingerprint density at radius 3 is 2.73 bits per heavy atom. The second-order valence-corrected chi connectivity index (χ2v) is 2.33. The van der Waals surface area contributed by atoms with Crippen LogP contribution in [0.25, 0.3) is 0 Å². The van der Waals surface area contributed by atoms with Gasteiger partial charge in [0.05, 0.1) is 12.6 Å². The molecule has 0 aliphatic carbocycles. The van der Waals surface area contributed by atoms with E-state index in [1.807, 2.05) is 29.9 Å². The number of aliphatic hydroxyl groups is 1. The second-order valence-electron chi connectivity index (χ2n) is 2.33. The van der Waals surface area contributed by atoms with E-state index in [1.165, 1.54) is 0 Å². The summed E-state index contributed by atoms with van der Waals surface area (Å²) >= 11 is 0. The van der Waals surface area contributed by atoms with Crippen LogP contribution >= 0.6 is 12.4 Å². The summed E-state index contributed by atoms with van der Waals surface area (Å²) in [6.07, 6.45) is 1.91. The summed E-state index contributed by atoms with van der Waals surface area (Å²) in [7, 11) is 1.91. The first-order valence-electron chi connectivity index (χ1n) is 3.23. The molecule has 0 aliphatic rings. The third-order valence-electron chi connectivity index (χ3n) is 1.56. The standard InChI is InChI=1S/C7H12N2O.ClH/c1-9-4-2-3-7(9)6(8)5-10;/h2-4,6,10H,5,8H2,1H3;1H/t6-;/m1./s1. The van der Waals surface area contributed by atoms with Gasteiger partial charge in [0.25, 0.3) is 0 Å². The zero-order valence-electron chi connectivity index (χ0n) is 6.40. The molecule has 0 saturated carbocycles. The fraction of sp³-hybridized carbons (Fsp3) is 0.429. The lowest BCUT2D eigenvalue weighted by molar-refractivity contribution is 0.264. The average molecular weight is 177 g/mol. The van der Waals surface area contributed by atoms with E-state index in [-0.39, 0.29) is 25.1 Å². The van der Waals surface area contributed by atoms with Gasteiger partial charge in [-0.1, -0.05) is 0 Å². The summed E-state index contributed by atoms with van der Waals surface area (Å²) < 4.78 is 1.90. The molecule has 4 heteroatoms. The van der Waals surface area contributed by atoms with Gasteiger partial charge in [-0.25, -0.2) is 0 Å². The van der Waals surface area contributed by atoms with Gasteiger partial charge in [0.15, 0.2) is 0 Å². The van der Waals surface area contributed by atoms with Crippen molar-refractivity contribution in [3.63, 3.8) is 0 Å². The number of nitrogens with two attached hydrogens (primary N) is 1. The quantitative estimate of drug-likeness (QED) is 0.687. The largest absolute Gasteiger partial charge is 0.394 e. The first-order valence-corrected chi connectivity index (χ1v) is 3.23. The molecule has 64 valence electrons. The third-order valence-corrected chi connectivity index (χ3v) is 1.56. The zero-order chi connectivity index (χ0) is 7.56. The van der Waals surface area contributed by atoms with Crippen molar-refractivity contribution < 1.29 is 5.11 Å². The van der Waals surface area contributed by atoms with Crippen molar-refractivity contribution in [2.75, 3.05) is 6.61 Å². The lowest BCUT2D eigenvalue weighted by Gasteiger charge is -2.08. The van der Waals surface area contributed by atoms with E-state index in [0.717, 1.165) is 5.69 Å². The average Bonchev–Trinajstić information content (AvgIpc) is 2.34. The van der Waals surface area contributed by atoms with Crippen molar-refractivity contribution in [1.82, 2.24) is 4.57 Å². The summed E-state index contributed by atoms with van der Waals surface area (Å²) in [6.45, 7) is -0.00213. The molecule has 0 saturated heterocycles. The molecule has 0 fully saturated rings. The van der Waals surface area contributed by atoms with Crippen LogP contribution in [-0.4, -0.2) is 16.3 Å². The van der Waals surface area contributed by atoms with Crippen molar-refractivity contribution in [3.05, 3.63) is 24.0 Å². The zero-order valence-corrected chi connectivity index (χ0v) is 7.21. The Bertz CT molecular complexity index is 212. The van der Waals surface area contributed by atoms with Crippen molar-refractivity contribution >= 4 is 12.4 Å². The molecule has 0 spiro atoms. The number of halogens is 1. The van der Waals surface area contributed by atoms with E-state index in [0.29, 0.717) is 0 Å². The number of nitrogens with zero attached hydrogens (tertiary/aromatic N) is 1. The summed E-state index contributed by atoms with van der Waals surface area (Å²) in [5.41, 5.74) is 6.53. The maximum atomic E-state index is 8.69. The summed E-state index contributed by atoms with van der Waals surface area (Å²) in [5, 5.41) is 8.69. The molecule has 0 radical (unpaired) electrons. The monoisotopic (exact) mass is 176 g/mol. The molecule has 1 rings (SSSR count). The maximum absolute atomic E-state index is 8.69. The Hall–Kier alpha value is -0.510. The number of rotatable bonds is 2. The number of aromatic nitrogens is 1. The van der Waals surface area contributed by atoms with E-state index < -0.39 is 0 Å². The molecule has 1 aromatic heterocycles. The Balaban J connectivity index is 0.000001000. The van der Waals surface area contributed by atoms with Crippen LogP contribution in [0.2, 0.25) is 0 Å². The van der Waals surface area contributed by atoms with E-state index in [4.69, 9.17) is 10.8 Å². The highest BCUT2D eigenvalue weighted by Crippen LogP contribution is 2.07. The molecular formula is C7H13ClN2O. The smallest absolute Gasteiger partial charge is 0.0684 e. The van der Waals surface area contributed by atoms with Gasteiger partial charge in [-0.15, -0.1) is 12.4 Å². The molecule has 1 heterocycles. The summed E-state index contributed by atoms with van der Waals surface area (Å²) in [5.74, 6) is 0. The van der Waals surface area contributed by atoms with Gasteiger partial charge in [-0.05, 0) is 12.1 Å². The summed E-state index contributed by atoms with van der Waals surface area (Å²) in [4.78, 5) is 0. The highest BCUT2D eigenvalue weighted by Gasteiger charge is 2.05. The summed E-state index contributed by atoms with van der Waals surface area (Å²) in [6, 6.07) is 3.56. The number of aryl methyl sites for hydroxylation is 1. The van der Waals surface area contributed by atoms with E-state index in [1.54, 1.807) is 0 Å². The van der Waals surface area contributed by atoms with Crippen LogP contribution in [0.3, 0.4) is 0 Å². The van der Waals surface area contributed by atoms with Crippen LogP contribution in [0.4, 0.5) is 0 Å². The van der Waals surface area contributed by atoms with Crippen LogP contribution in [-0.2, 0) is 7.05 Å².